The number of hydrogen-bond acceptors (Lipinski definition) is 4. The predicted molar refractivity (Wildman–Crippen MR) is 112 cm³/mol. The molecule has 3 rings (SSSR count). The summed E-state index contributed by atoms with van der Waals surface area (Å²) in [4.78, 5) is 4.53. The van der Waals surface area contributed by atoms with E-state index in [1.54, 1.807) is 32.2 Å². The van der Waals surface area contributed by atoms with Crippen LogP contribution in [0.2, 0.25) is 0 Å². The third-order valence-electron chi connectivity index (χ3n) is 4.74. The van der Waals surface area contributed by atoms with Crippen LogP contribution >= 0.6 is 0 Å². The van der Waals surface area contributed by atoms with Crippen LogP contribution in [0.15, 0.2) is 50.7 Å². The van der Waals surface area contributed by atoms with Gasteiger partial charge in [-0.15, -0.1) is 0 Å². The highest BCUT2D eigenvalue weighted by Gasteiger charge is 2.13. The number of aliphatic imine (C=N–C) groups is 1. The van der Waals surface area contributed by atoms with E-state index >= 15 is 0 Å². The van der Waals surface area contributed by atoms with Gasteiger partial charge in [0.05, 0.1) is 11.4 Å². The second kappa shape index (κ2) is 8.24. The molecule has 0 aliphatic heterocycles. The van der Waals surface area contributed by atoms with E-state index in [2.05, 4.69) is 15.6 Å². The molecule has 0 spiro atoms. The van der Waals surface area contributed by atoms with Crippen LogP contribution < -0.4 is 10.6 Å². The van der Waals surface area contributed by atoms with Gasteiger partial charge in [-0.2, -0.15) is 0 Å². The van der Waals surface area contributed by atoms with Gasteiger partial charge in [-0.25, -0.2) is 12.8 Å². The van der Waals surface area contributed by atoms with Gasteiger partial charge in [0.15, 0.2) is 15.8 Å². The van der Waals surface area contributed by atoms with Gasteiger partial charge in [0.2, 0.25) is 0 Å². The Balaban J connectivity index is 1.65. The number of benzene rings is 2. The summed E-state index contributed by atoms with van der Waals surface area (Å²) in [5, 5.41) is 7.13. The first-order valence-corrected chi connectivity index (χ1v) is 11.0. The van der Waals surface area contributed by atoms with Crippen LogP contribution in [0.3, 0.4) is 0 Å². The van der Waals surface area contributed by atoms with Crippen LogP contribution in [0.1, 0.15) is 22.5 Å². The number of rotatable bonds is 5. The molecular weight excluding hydrogens is 393 g/mol. The molecule has 0 fully saturated rings. The van der Waals surface area contributed by atoms with Gasteiger partial charge in [0.25, 0.3) is 0 Å². The third kappa shape index (κ3) is 4.76. The van der Waals surface area contributed by atoms with Crippen molar-refractivity contribution >= 4 is 26.8 Å². The highest BCUT2D eigenvalue weighted by atomic mass is 32.2. The lowest BCUT2D eigenvalue weighted by molar-refractivity contribution is 0.534. The zero-order valence-electron chi connectivity index (χ0n) is 16.8. The van der Waals surface area contributed by atoms with Crippen LogP contribution in [0.5, 0.6) is 0 Å². The monoisotopic (exact) mass is 417 g/mol. The average Bonchev–Trinajstić information content (AvgIpc) is 2.96. The van der Waals surface area contributed by atoms with Crippen LogP contribution in [0.4, 0.5) is 4.39 Å². The molecule has 0 amide bonds. The summed E-state index contributed by atoms with van der Waals surface area (Å²) in [7, 11) is -1.57. The van der Waals surface area contributed by atoms with Crippen molar-refractivity contribution in [3.05, 3.63) is 64.7 Å². The smallest absolute Gasteiger partial charge is 0.191 e. The highest BCUT2D eigenvalue weighted by molar-refractivity contribution is 7.90. The quantitative estimate of drug-likeness (QED) is 0.491. The largest absolute Gasteiger partial charge is 0.459 e. The van der Waals surface area contributed by atoms with Gasteiger partial charge in [-0.05, 0) is 49.2 Å². The lowest BCUT2D eigenvalue weighted by Crippen LogP contribution is -2.36. The molecule has 0 bridgehead atoms. The lowest BCUT2D eigenvalue weighted by Gasteiger charge is -2.12. The lowest BCUT2D eigenvalue weighted by atomic mass is 10.1. The van der Waals surface area contributed by atoms with Crippen molar-refractivity contribution in [1.29, 1.82) is 0 Å². The van der Waals surface area contributed by atoms with Crippen LogP contribution in [-0.4, -0.2) is 27.7 Å². The summed E-state index contributed by atoms with van der Waals surface area (Å²) >= 11 is 0. The SMILES string of the molecule is CN=C(NCc1ccc(S(C)(=O)=O)c(C)c1)NCc1oc2ccc(F)cc2c1C. The van der Waals surface area contributed by atoms with E-state index < -0.39 is 9.84 Å². The number of sulfone groups is 1. The maximum Gasteiger partial charge on any atom is 0.191 e. The molecule has 0 radical (unpaired) electrons. The minimum Gasteiger partial charge on any atom is -0.459 e. The number of nitrogens with one attached hydrogen (secondary N) is 2. The molecule has 0 saturated carbocycles. The fourth-order valence-corrected chi connectivity index (χ4v) is 4.18. The molecule has 0 saturated heterocycles. The third-order valence-corrected chi connectivity index (χ3v) is 5.99. The molecule has 1 aromatic heterocycles. The number of guanidine groups is 1. The minimum absolute atomic E-state index is 0.296. The Morgan fingerprint density at radius 2 is 1.83 bits per heavy atom. The average molecular weight is 418 g/mol. The fraction of sp³-hybridized carbons (Fsp3) is 0.286. The van der Waals surface area contributed by atoms with Gasteiger partial charge >= 0.3 is 0 Å². The topological polar surface area (TPSA) is 83.7 Å². The Labute approximate surface area is 169 Å². The van der Waals surface area contributed by atoms with Crippen molar-refractivity contribution in [1.82, 2.24) is 10.6 Å². The fourth-order valence-electron chi connectivity index (χ4n) is 3.22. The van der Waals surface area contributed by atoms with Crippen LogP contribution in [-0.2, 0) is 22.9 Å². The van der Waals surface area contributed by atoms with Crippen molar-refractivity contribution in [2.75, 3.05) is 13.3 Å². The summed E-state index contributed by atoms with van der Waals surface area (Å²) in [5.74, 6) is 0.985. The van der Waals surface area contributed by atoms with Crippen LogP contribution in [0, 0.1) is 19.7 Å². The Hall–Kier alpha value is -2.87. The molecule has 1 heterocycles. The molecule has 29 heavy (non-hydrogen) atoms. The Kier molecular flexibility index (Phi) is 5.93. The number of furan rings is 1. The van der Waals surface area contributed by atoms with E-state index in [1.807, 2.05) is 13.0 Å². The molecule has 6 nitrogen and oxygen atoms in total. The first-order chi connectivity index (χ1) is 13.7. The summed E-state index contributed by atoms with van der Waals surface area (Å²) in [6.07, 6.45) is 1.20. The molecule has 0 unspecified atom stereocenters. The molecular formula is C21H24FN3O3S. The molecule has 3 aromatic rings. The number of halogens is 1. The van der Waals surface area contributed by atoms with E-state index in [-0.39, 0.29) is 5.82 Å². The van der Waals surface area contributed by atoms with Crippen molar-refractivity contribution in [2.24, 2.45) is 4.99 Å². The second-order valence-corrected chi connectivity index (χ2v) is 8.93. The Bertz CT molecular complexity index is 1180. The van der Waals surface area contributed by atoms with Gasteiger partial charge in [-0.3, -0.25) is 4.99 Å². The number of fused-ring (bicyclic) bond motifs is 1. The van der Waals surface area contributed by atoms with E-state index in [4.69, 9.17) is 4.42 Å². The summed E-state index contributed by atoms with van der Waals surface area (Å²) in [5.41, 5.74) is 3.17. The minimum atomic E-state index is -3.23. The first kappa shape index (κ1) is 20.9. The molecule has 0 atom stereocenters. The maximum atomic E-state index is 13.5. The molecule has 0 aliphatic carbocycles. The zero-order valence-corrected chi connectivity index (χ0v) is 17.7. The number of aryl methyl sites for hydroxylation is 2. The highest BCUT2D eigenvalue weighted by Crippen LogP contribution is 2.25. The summed E-state index contributed by atoms with van der Waals surface area (Å²) < 4.78 is 42.7. The second-order valence-electron chi connectivity index (χ2n) is 6.94. The number of hydrogen-bond donors (Lipinski definition) is 2. The van der Waals surface area contributed by atoms with E-state index in [0.29, 0.717) is 40.9 Å². The maximum absolute atomic E-state index is 13.5. The Morgan fingerprint density at radius 3 is 2.48 bits per heavy atom. The van der Waals surface area contributed by atoms with E-state index in [9.17, 15) is 12.8 Å². The summed E-state index contributed by atoms with van der Waals surface area (Å²) in [6, 6.07) is 9.70. The van der Waals surface area contributed by atoms with Gasteiger partial charge < -0.3 is 15.1 Å². The summed E-state index contributed by atoms with van der Waals surface area (Å²) in [6.45, 7) is 4.55. The van der Waals surface area contributed by atoms with Crippen molar-refractivity contribution in [3.63, 3.8) is 0 Å². The van der Waals surface area contributed by atoms with Crippen LogP contribution in [0.25, 0.3) is 11.0 Å². The Morgan fingerprint density at radius 1 is 1.10 bits per heavy atom. The van der Waals surface area contributed by atoms with E-state index in [0.717, 1.165) is 16.5 Å². The molecule has 0 aliphatic rings. The molecule has 2 aromatic carbocycles. The predicted octanol–water partition coefficient (Wildman–Crippen LogP) is 3.46. The normalized spacial score (nSPS) is 12.4. The van der Waals surface area contributed by atoms with E-state index in [1.165, 1.54) is 18.4 Å². The van der Waals surface area contributed by atoms with Gasteiger partial charge in [0, 0.05) is 30.8 Å². The van der Waals surface area contributed by atoms with Crippen molar-refractivity contribution in [3.8, 4) is 0 Å². The number of nitrogens with zero attached hydrogens (tertiary/aromatic N) is 1. The van der Waals surface area contributed by atoms with Crippen molar-refractivity contribution < 1.29 is 17.2 Å². The standard InChI is InChI=1S/C21H24FN3O3S/c1-13-9-15(5-8-20(13)29(4,26)27)11-24-21(23-3)25-12-19-14(2)17-10-16(22)6-7-18(17)28-19/h5-10H,11-12H2,1-4H3,(H2,23,24,25). The molecule has 2 N–H and O–H groups in total. The first-order valence-electron chi connectivity index (χ1n) is 9.10. The van der Waals surface area contributed by atoms with Gasteiger partial charge in [-0.1, -0.05) is 12.1 Å². The van der Waals surface area contributed by atoms with Gasteiger partial charge in [0.1, 0.15) is 17.2 Å². The van der Waals surface area contributed by atoms with Crippen molar-refractivity contribution in [2.45, 2.75) is 31.8 Å². The molecule has 8 heteroatoms. The zero-order chi connectivity index (χ0) is 21.2. The molecule has 154 valence electrons.